The van der Waals surface area contributed by atoms with Crippen LogP contribution < -0.4 is 4.74 Å². The van der Waals surface area contributed by atoms with Crippen LogP contribution in [0.2, 0.25) is 5.02 Å². The zero-order valence-electron chi connectivity index (χ0n) is 13.4. The summed E-state index contributed by atoms with van der Waals surface area (Å²) >= 11 is 5.79. The van der Waals surface area contributed by atoms with Crippen molar-refractivity contribution in [3.05, 3.63) is 70.8 Å². The summed E-state index contributed by atoms with van der Waals surface area (Å²) in [6.45, 7) is 1.54. The highest BCUT2D eigenvalue weighted by molar-refractivity contribution is 6.30. The second-order valence-corrected chi connectivity index (χ2v) is 5.49. The first kappa shape index (κ1) is 17.8. The summed E-state index contributed by atoms with van der Waals surface area (Å²) in [5.41, 5.74) is 1.27. The van der Waals surface area contributed by atoms with Crippen molar-refractivity contribution in [2.45, 2.75) is 13.0 Å². The number of benzene rings is 2. The predicted molar refractivity (Wildman–Crippen MR) is 93.4 cm³/mol. The number of Topliss-reactive ketones (excluding diaryl/α,β-unsaturated/α-hetero) is 1. The molecule has 0 amide bonds. The molecule has 0 N–H and O–H groups in total. The summed E-state index contributed by atoms with van der Waals surface area (Å²) in [6, 6.07) is 13.6. The lowest BCUT2D eigenvalue weighted by molar-refractivity contribution is -0.140. The molecular weight excluding hydrogens is 328 g/mol. The van der Waals surface area contributed by atoms with Crippen molar-refractivity contribution in [1.29, 1.82) is 0 Å². The fraction of sp³-hybridized carbons (Fsp3) is 0.158. The Balaban J connectivity index is 1.93. The Morgan fingerprint density at radius 3 is 2.25 bits per heavy atom. The van der Waals surface area contributed by atoms with E-state index in [9.17, 15) is 9.59 Å². The first-order valence-electron chi connectivity index (χ1n) is 7.32. The van der Waals surface area contributed by atoms with Gasteiger partial charge >= 0.3 is 5.97 Å². The second kappa shape index (κ2) is 8.31. The minimum atomic E-state index is -0.876. The van der Waals surface area contributed by atoms with E-state index in [0.29, 0.717) is 10.6 Å². The van der Waals surface area contributed by atoms with Gasteiger partial charge in [-0.15, -0.1) is 0 Å². The predicted octanol–water partition coefficient (Wildman–Crippen LogP) is 4.18. The largest absolute Gasteiger partial charge is 0.497 e. The van der Waals surface area contributed by atoms with Crippen LogP contribution in [0.15, 0.2) is 54.6 Å². The lowest BCUT2D eigenvalue weighted by Crippen LogP contribution is -2.23. The summed E-state index contributed by atoms with van der Waals surface area (Å²) in [5.74, 6) is -0.129. The van der Waals surface area contributed by atoms with Crippen LogP contribution in [-0.4, -0.2) is 25.0 Å². The Morgan fingerprint density at radius 2 is 1.67 bits per heavy atom. The summed E-state index contributed by atoms with van der Waals surface area (Å²) in [4.78, 5) is 24.0. The van der Waals surface area contributed by atoms with Crippen molar-refractivity contribution in [2.75, 3.05) is 7.11 Å². The number of ketones is 1. The highest BCUT2D eigenvalue weighted by Crippen LogP contribution is 2.14. The number of rotatable bonds is 6. The van der Waals surface area contributed by atoms with Gasteiger partial charge in [-0.3, -0.25) is 4.79 Å². The van der Waals surface area contributed by atoms with E-state index >= 15 is 0 Å². The lowest BCUT2D eigenvalue weighted by atomic mass is 10.1. The number of hydrogen-bond donors (Lipinski definition) is 0. The SMILES string of the molecule is COc1ccc(/C=C/C(=O)O[C@H](C)C(=O)c2ccc(Cl)cc2)cc1. The number of carbonyl (C=O) groups is 2. The molecule has 0 saturated carbocycles. The van der Waals surface area contributed by atoms with E-state index in [-0.39, 0.29) is 5.78 Å². The highest BCUT2D eigenvalue weighted by atomic mass is 35.5. The summed E-state index contributed by atoms with van der Waals surface area (Å²) in [6.07, 6.45) is 2.02. The summed E-state index contributed by atoms with van der Waals surface area (Å²) in [5, 5.41) is 0.540. The maximum absolute atomic E-state index is 12.2. The van der Waals surface area contributed by atoms with Gasteiger partial charge in [0.15, 0.2) is 6.10 Å². The first-order valence-corrected chi connectivity index (χ1v) is 7.70. The number of ether oxygens (including phenoxy) is 2. The molecule has 2 rings (SSSR count). The van der Waals surface area contributed by atoms with Crippen LogP contribution in [0.25, 0.3) is 6.08 Å². The standard InChI is InChI=1S/C19H17ClO4/c1-13(19(22)15-6-8-16(20)9-7-15)24-18(21)12-5-14-3-10-17(23-2)11-4-14/h3-13H,1-2H3/b12-5+/t13-/m1/s1. The molecule has 0 aliphatic carbocycles. The minimum Gasteiger partial charge on any atom is -0.497 e. The molecule has 0 aromatic heterocycles. The van der Waals surface area contributed by atoms with Crippen molar-refractivity contribution < 1.29 is 19.1 Å². The van der Waals surface area contributed by atoms with E-state index in [1.165, 1.54) is 13.0 Å². The number of methoxy groups -OCH3 is 1. The molecule has 124 valence electrons. The maximum Gasteiger partial charge on any atom is 0.331 e. The van der Waals surface area contributed by atoms with E-state index in [0.717, 1.165) is 11.3 Å². The van der Waals surface area contributed by atoms with E-state index in [4.69, 9.17) is 21.1 Å². The number of esters is 1. The van der Waals surface area contributed by atoms with Gasteiger partial charge in [-0.2, -0.15) is 0 Å². The van der Waals surface area contributed by atoms with Gasteiger partial charge in [0.1, 0.15) is 5.75 Å². The molecule has 0 aliphatic heterocycles. The van der Waals surface area contributed by atoms with Crippen molar-refractivity contribution in [2.24, 2.45) is 0 Å². The number of carbonyl (C=O) groups excluding carboxylic acids is 2. The zero-order chi connectivity index (χ0) is 17.5. The van der Waals surface area contributed by atoms with Crippen LogP contribution in [0.4, 0.5) is 0 Å². The van der Waals surface area contributed by atoms with Gasteiger partial charge in [0, 0.05) is 16.7 Å². The molecule has 0 unspecified atom stereocenters. The zero-order valence-corrected chi connectivity index (χ0v) is 14.1. The van der Waals surface area contributed by atoms with Crippen molar-refractivity contribution in [1.82, 2.24) is 0 Å². The van der Waals surface area contributed by atoms with Gasteiger partial charge in [-0.25, -0.2) is 4.79 Å². The molecule has 4 nitrogen and oxygen atoms in total. The average Bonchev–Trinajstić information content (AvgIpc) is 2.60. The Bertz CT molecular complexity index is 733. The third-order valence-corrected chi connectivity index (χ3v) is 3.57. The van der Waals surface area contributed by atoms with Gasteiger partial charge in [0.2, 0.25) is 5.78 Å². The van der Waals surface area contributed by atoms with Gasteiger partial charge in [-0.05, 0) is 55.0 Å². The Morgan fingerprint density at radius 1 is 1.04 bits per heavy atom. The average molecular weight is 345 g/mol. The Hall–Kier alpha value is -2.59. The van der Waals surface area contributed by atoms with Gasteiger partial charge in [0.05, 0.1) is 7.11 Å². The fourth-order valence-electron chi connectivity index (χ4n) is 2.00. The van der Waals surface area contributed by atoms with Crippen LogP contribution in [-0.2, 0) is 9.53 Å². The summed E-state index contributed by atoms with van der Waals surface area (Å²) in [7, 11) is 1.58. The monoisotopic (exact) mass is 344 g/mol. The van der Waals surface area contributed by atoms with E-state index in [1.54, 1.807) is 49.6 Å². The topological polar surface area (TPSA) is 52.6 Å². The molecule has 2 aromatic carbocycles. The quantitative estimate of drug-likeness (QED) is 0.448. The van der Waals surface area contributed by atoms with Crippen molar-refractivity contribution in [3.8, 4) is 5.75 Å². The molecule has 0 fully saturated rings. The molecule has 0 heterocycles. The van der Waals surface area contributed by atoms with Crippen LogP contribution in [0.1, 0.15) is 22.8 Å². The molecule has 24 heavy (non-hydrogen) atoms. The van der Waals surface area contributed by atoms with Crippen LogP contribution in [0.3, 0.4) is 0 Å². The molecule has 0 bridgehead atoms. The number of halogens is 1. The molecule has 0 aliphatic rings. The second-order valence-electron chi connectivity index (χ2n) is 5.06. The Kier molecular flexibility index (Phi) is 6.15. The third kappa shape index (κ3) is 4.96. The summed E-state index contributed by atoms with van der Waals surface area (Å²) < 4.78 is 10.2. The molecule has 0 saturated heterocycles. The first-order chi connectivity index (χ1) is 11.5. The van der Waals surface area contributed by atoms with Crippen molar-refractivity contribution in [3.63, 3.8) is 0 Å². The van der Waals surface area contributed by atoms with Gasteiger partial charge in [-0.1, -0.05) is 23.7 Å². The van der Waals surface area contributed by atoms with Crippen LogP contribution in [0, 0.1) is 0 Å². The normalized spacial score (nSPS) is 12.0. The van der Waals surface area contributed by atoms with E-state index in [2.05, 4.69) is 0 Å². The molecular formula is C19H17ClO4. The molecule has 5 heteroatoms. The molecule has 1 atom stereocenters. The van der Waals surface area contributed by atoms with E-state index in [1.807, 2.05) is 12.1 Å². The number of hydrogen-bond acceptors (Lipinski definition) is 4. The molecule has 0 spiro atoms. The molecule has 2 aromatic rings. The smallest absolute Gasteiger partial charge is 0.331 e. The van der Waals surface area contributed by atoms with Gasteiger partial charge < -0.3 is 9.47 Å². The van der Waals surface area contributed by atoms with Gasteiger partial charge in [0.25, 0.3) is 0 Å². The Labute approximate surface area is 145 Å². The fourth-order valence-corrected chi connectivity index (χ4v) is 2.12. The molecule has 0 radical (unpaired) electrons. The third-order valence-electron chi connectivity index (χ3n) is 3.32. The lowest BCUT2D eigenvalue weighted by Gasteiger charge is -2.10. The highest BCUT2D eigenvalue weighted by Gasteiger charge is 2.18. The van der Waals surface area contributed by atoms with Crippen LogP contribution >= 0.6 is 11.6 Å². The maximum atomic E-state index is 12.2. The minimum absolute atomic E-state index is 0.280. The van der Waals surface area contributed by atoms with Crippen molar-refractivity contribution >= 4 is 29.4 Å². The van der Waals surface area contributed by atoms with Crippen LogP contribution in [0.5, 0.6) is 5.75 Å². The van der Waals surface area contributed by atoms with E-state index < -0.39 is 12.1 Å².